The van der Waals surface area contributed by atoms with Crippen LogP contribution in [0.4, 0.5) is 5.82 Å². The quantitative estimate of drug-likeness (QED) is 0.838. The maximum atomic E-state index is 6.03. The molecule has 0 aliphatic carbocycles. The second kappa shape index (κ2) is 8.32. The minimum Gasteiger partial charge on any atom is -0.488 e. The van der Waals surface area contributed by atoms with Crippen molar-refractivity contribution < 1.29 is 9.47 Å². The van der Waals surface area contributed by atoms with Crippen molar-refractivity contribution in [1.29, 1.82) is 0 Å². The highest BCUT2D eigenvalue weighted by atomic mass is 16.5. The van der Waals surface area contributed by atoms with Crippen molar-refractivity contribution in [2.24, 2.45) is 0 Å². The largest absolute Gasteiger partial charge is 0.488 e. The number of benzene rings is 1. The third-order valence-corrected chi connectivity index (χ3v) is 4.32. The first-order valence-corrected chi connectivity index (χ1v) is 8.82. The molecular weight excluding hydrogens is 314 g/mol. The molecule has 0 amide bonds. The lowest BCUT2D eigenvalue weighted by molar-refractivity contribution is 0.141. The van der Waals surface area contributed by atoms with Gasteiger partial charge in [0.1, 0.15) is 17.7 Å². The number of ether oxygens (including phenoxy) is 2. The second-order valence-corrected chi connectivity index (χ2v) is 6.75. The van der Waals surface area contributed by atoms with Gasteiger partial charge in [0.2, 0.25) is 0 Å². The summed E-state index contributed by atoms with van der Waals surface area (Å²) in [6.45, 7) is 5.43. The number of rotatable bonds is 7. The van der Waals surface area contributed by atoms with E-state index in [1.54, 1.807) is 0 Å². The van der Waals surface area contributed by atoms with Gasteiger partial charge in [-0.2, -0.15) is 0 Å². The molecule has 1 fully saturated rings. The molecule has 1 aliphatic rings. The third-order valence-electron chi connectivity index (χ3n) is 4.32. The number of aromatic nitrogens is 1. The van der Waals surface area contributed by atoms with Crippen molar-refractivity contribution in [2.75, 3.05) is 45.7 Å². The molecule has 0 bridgehead atoms. The normalized spacial score (nSPS) is 17.0. The number of pyridine rings is 1. The molecule has 1 aromatic carbocycles. The van der Waals surface area contributed by atoms with E-state index in [4.69, 9.17) is 9.47 Å². The Balaban J connectivity index is 1.63. The molecule has 1 aromatic heterocycles. The van der Waals surface area contributed by atoms with Crippen molar-refractivity contribution in [2.45, 2.75) is 19.4 Å². The molecule has 134 valence electrons. The third kappa shape index (κ3) is 4.94. The van der Waals surface area contributed by atoms with E-state index in [0.717, 1.165) is 54.4 Å². The number of nitrogens with one attached hydrogen (secondary N) is 1. The highest BCUT2D eigenvalue weighted by molar-refractivity contribution is 5.65. The molecule has 5 nitrogen and oxygen atoms in total. The fraction of sp³-hybridized carbons (Fsp3) is 0.450. The zero-order valence-corrected chi connectivity index (χ0v) is 15.3. The number of hydrogen-bond acceptors (Lipinski definition) is 5. The van der Waals surface area contributed by atoms with E-state index >= 15 is 0 Å². The fourth-order valence-electron chi connectivity index (χ4n) is 2.82. The average Bonchev–Trinajstić information content (AvgIpc) is 3.10. The lowest BCUT2D eigenvalue weighted by Gasteiger charge is -2.15. The van der Waals surface area contributed by atoms with Crippen molar-refractivity contribution >= 4 is 5.82 Å². The highest BCUT2D eigenvalue weighted by Crippen LogP contribution is 2.28. The van der Waals surface area contributed by atoms with Crippen LogP contribution in [0.15, 0.2) is 36.5 Å². The average molecular weight is 341 g/mol. The Labute approximate surface area is 150 Å². The summed E-state index contributed by atoms with van der Waals surface area (Å²) in [5.74, 6) is 1.85. The molecule has 0 spiro atoms. The van der Waals surface area contributed by atoms with Crippen molar-refractivity contribution in [3.05, 3.63) is 42.1 Å². The van der Waals surface area contributed by atoms with E-state index in [9.17, 15) is 0 Å². The number of anilines is 1. The Morgan fingerprint density at radius 2 is 2.08 bits per heavy atom. The van der Waals surface area contributed by atoms with Gasteiger partial charge >= 0.3 is 0 Å². The van der Waals surface area contributed by atoms with Gasteiger partial charge in [-0.1, -0.05) is 6.07 Å². The number of likely N-dealkylation sites (N-methyl/N-ethyl adjacent to an activating group) is 1. The number of aryl methyl sites for hydroxylation is 1. The van der Waals surface area contributed by atoms with Crippen LogP contribution in [0.3, 0.4) is 0 Å². The smallest absolute Gasteiger partial charge is 0.125 e. The van der Waals surface area contributed by atoms with Crippen LogP contribution in [0.2, 0.25) is 0 Å². The molecule has 1 saturated heterocycles. The molecule has 1 atom stereocenters. The van der Waals surface area contributed by atoms with Gasteiger partial charge in [0.15, 0.2) is 0 Å². The number of hydrogen-bond donors (Lipinski definition) is 1. The maximum Gasteiger partial charge on any atom is 0.125 e. The first-order valence-electron chi connectivity index (χ1n) is 8.82. The molecule has 0 radical (unpaired) electrons. The van der Waals surface area contributed by atoms with E-state index in [2.05, 4.69) is 54.4 Å². The minimum absolute atomic E-state index is 0.179. The van der Waals surface area contributed by atoms with Crippen molar-refractivity contribution in [1.82, 2.24) is 9.88 Å². The minimum atomic E-state index is 0.179. The first-order chi connectivity index (χ1) is 12.1. The van der Waals surface area contributed by atoms with Crippen LogP contribution in [0.5, 0.6) is 5.75 Å². The van der Waals surface area contributed by atoms with E-state index in [0.29, 0.717) is 6.61 Å². The summed E-state index contributed by atoms with van der Waals surface area (Å²) in [4.78, 5) is 6.65. The molecular formula is C20H27N3O2. The maximum absolute atomic E-state index is 6.03. The van der Waals surface area contributed by atoms with Gasteiger partial charge in [0.25, 0.3) is 0 Å². The van der Waals surface area contributed by atoms with E-state index in [-0.39, 0.29) is 6.10 Å². The standard InChI is InChI=1S/C20H27N3O2/c1-15-12-16(4-6-19(15)25-18-8-11-24-14-18)17-5-7-20(22-13-17)21-9-10-23(2)3/h4-7,12-13,18H,8-11,14H2,1-3H3,(H,21,22). The van der Waals surface area contributed by atoms with Crippen LogP contribution >= 0.6 is 0 Å². The lowest BCUT2D eigenvalue weighted by Crippen LogP contribution is -2.21. The van der Waals surface area contributed by atoms with Gasteiger partial charge in [-0.3, -0.25) is 0 Å². The Morgan fingerprint density at radius 1 is 1.24 bits per heavy atom. The summed E-state index contributed by atoms with van der Waals surface area (Å²) in [6, 6.07) is 10.4. The van der Waals surface area contributed by atoms with Crippen molar-refractivity contribution in [3.8, 4) is 16.9 Å². The van der Waals surface area contributed by atoms with E-state index in [1.807, 2.05) is 18.3 Å². The van der Waals surface area contributed by atoms with E-state index < -0.39 is 0 Å². The SMILES string of the molecule is Cc1cc(-c2ccc(NCCN(C)C)nc2)ccc1OC1CCOC1. The van der Waals surface area contributed by atoms with Crippen LogP contribution in [0, 0.1) is 6.92 Å². The summed E-state index contributed by atoms with van der Waals surface area (Å²) < 4.78 is 11.4. The molecule has 1 N–H and O–H groups in total. The number of nitrogens with zero attached hydrogens (tertiary/aromatic N) is 2. The predicted molar refractivity (Wildman–Crippen MR) is 101 cm³/mol. The van der Waals surface area contributed by atoms with Gasteiger partial charge in [-0.25, -0.2) is 4.98 Å². The van der Waals surface area contributed by atoms with Crippen LogP contribution in [-0.2, 0) is 4.74 Å². The molecule has 0 saturated carbocycles. The summed E-state index contributed by atoms with van der Waals surface area (Å²) >= 11 is 0. The summed E-state index contributed by atoms with van der Waals surface area (Å²) in [7, 11) is 4.13. The Hall–Kier alpha value is -2.11. The first kappa shape index (κ1) is 17.7. The summed E-state index contributed by atoms with van der Waals surface area (Å²) in [5, 5.41) is 3.33. The topological polar surface area (TPSA) is 46.6 Å². The zero-order valence-electron chi connectivity index (χ0n) is 15.3. The Morgan fingerprint density at radius 3 is 2.72 bits per heavy atom. The Kier molecular flexibility index (Phi) is 5.89. The van der Waals surface area contributed by atoms with E-state index in [1.165, 1.54) is 0 Å². The molecule has 3 rings (SSSR count). The zero-order chi connectivity index (χ0) is 17.6. The van der Waals surface area contributed by atoms with Crippen LogP contribution < -0.4 is 10.1 Å². The predicted octanol–water partition coefficient (Wildman–Crippen LogP) is 3.20. The summed E-state index contributed by atoms with van der Waals surface area (Å²) in [5.41, 5.74) is 3.40. The van der Waals surface area contributed by atoms with Gasteiger partial charge in [0.05, 0.1) is 13.2 Å². The van der Waals surface area contributed by atoms with Crippen LogP contribution in [-0.4, -0.2) is 56.4 Å². The van der Waals surface area contributed by atoms with Crippen LogP contribution in [0.25, 0.3) is 11.1 Å². The molecule has 25 heavy (non-hydrogen) atoms. The van der Waals surface area contributed by atoms with Gasteiger partial charge < -0.3 is 19.7 Å². The molecule has 1 unspecified atom stereocenters. The van der Waals surface area contributed by atoms with Gasteiger partial charge in [-0.15, -0.1) is 0 Å². The van der Waals surface area contributed by atoms with Gasteiger partial charge in [-0.05, 0) is 56.4 Å². The second-order valence-electron chi connectivity index (χ2n) is 6.75. The molecule has 5 heteroatoms. The Bertz CT molecular complexity index is 680. The monoisotopic (exact) mass is 341 g/mol. The fourth-order valence-corrected chi connectivity index (χ4v) is 2.82. The van der Waals surface area contributed by atoms with Gasteiger partial charge in [0, 0.05) is 31.3 Å². The lowest BCUT2D eigenvalue weighted by atomic mass is 10.0. The summed E-state index contributed by atoms with van der Waals surface area (Å²) in [6.07, 6.45) is 3.06. The van der Waals surface area contributed by atoms with Crippen LogP contribution in [0.1, 0.15) is 12.0 Å². The van der Waals surface area contributed by atoms with Crippen molar-refractivity contribution in [3.63, 3.8) is 0 Å². The molecule has 1 aliphatic heterocycles. The molecule has 2 heterocycles. The molecule has 2 aromatic rings. The highest BCUT2D eigenvalue weighted by Gasteiger charge is 2.18.